The Bertz CT molecular complexity index is 1380. The quantitative estimate of drug-likeness (QED) is 0.402. The number of fused-ring (bicyclic) bond motifs is 1. The first-order valence-corrected chi connectivity index (χ1v) is 10.2. The van der Waals surface area contributed by atoms with Gasteiger partial charge in [0.25, 0.3) is 5.56 Å². The minimum atomic E-state index is -0.458. The Kier molecular flexibility index (Phi) is 5.67. The van der Waals surface area contributed by atoms with Gasteiger partial charge in [-0.25, -0.2) is 9.78 Å². The standard InChI is InChI=1S/C23H18Cl2N4O2/c1-13-11-16(29-14(2)26-20-6-4-3-5-17(20)22(29)30)8-10-19(13)27-23(31)28-21-12-15(24)7-9-18(21)25/h3-12H,1-2H3,(H2,27,28,31). The van der Waals surface area contributed by atoms with Crippen molar-refractivity contribution in [1.29, 1.82) is 0 Å². The molecule has 8 heteroatoms. The lowest BCUT2D eigenvalue weighted by Gasteiger charge is -2.15. The maximum absolute atomic E-state index is 13.0. The van der Waals surface area contributed by atoms with E-state index in [-0.39, 0.29) is 5.56 Å². The van der Waals surface area contributed by atoms with E-state index < -0.39 is 6.03 Å². The van der Waals surface area contributed by atoms with E-state index in [4.69, 9.17) is 23.2 Å². The SMILES string of the molecule is Cc1cc(-n2c(C)nc3ccccc3c2=O)ccc1NC(=O)Nc1cc(Cl)ccc1Cl. The zero-order valence-electron chi connectivity index (χ0n) is 16.7. The van der Waals surface area contributed by atoms with E-state index in [1.165, 1.54) is 0 Å². The average Bonchev–Trinajstić information content (AvgIpc) is 2.72. The summed E-state index contributed by atoms with van der Waals surface area (Å²) in [6, 6.07) is 16.9. The molecule has 6 nitrogen and oxygen atoms in total. The molecule has 2 N–H and O–H groups in total. The fourth-order valence-corrected chi connectivity index (χ4v) is 3.68. The molecule has 31 heavy (non-hydrogen) atoms. The van der Waals surface area contributed by atoms with Crippen LogP contribution in [0, 0.1) is 13.8 Å². The topological polar surface area (TPSA) is 76.0 Å². The van der Waals surface area contributed by atoms with E-state index in [0.29, 0.717) is 43.8 Å². The number of carbonyl (C=O) groups is 1. The Morgan fingerprint density at radius 3 is 2.45 bits per heavy atom. The van der Waals surface area contributed by atoms with Crippen molar-refractivity contribution in [3.05, 3.63) is 92.5 Å². The lowest BCUT2D eigenvalue weighted by atomic mass is 10.1. The van der Waals surface area contributed by atoms with E-state index in [0.717, 1.165) is 5.56 Å². The molecule has 0 atom stereocenters. The second-order valence-electron chi connectivity index (χ2n) is 7.02. The van der Waals surface area contributed by atoms with Gasteiger partial charge in [-0.15, -0.1) is 0 Å². The van der Waals surface area contributed by atoms with Crippen molar-refractivity contribution in [3.63, 3.8) is 0 Å². The molecule has 1 aromatic heterocycles. The highest BCUT2D eigenvalue weighted by Crippen LogP contribution is 2.26. The van der Waals surface area contributed by atoms with Gasteiger partial charge in [0.2, 0.25) is 0 Å². The molecule has 0 aliphatic rings. The van der Waals surface area contributed by atoms with Gasteiger partial charge in [0, 0.05) is 10.7 Å². The van der Waals surface area contributed by atoms with Gasteiger partial charge in [-0.2, -0.15) is 0 Å². The number of rotatable bonds is 3. The van der Waals surface area contributed by atoms with E-state index in [1.807, 2.05) is 31.2 Å². The number of amides is 2. The predicted octanol–water partition coefficient (Wildman–Crippen LogP) is 5.95. The molecule has 0 aliphatic heterocycles. The number of nitrogens with one attached hydrogen (secondary N) is 2. The lowest BCUT2D eigenvalue weighted by molar-refractivity contribution is 0.262. The van der Waals surface area contributed by atoms with Gasteiger partial charge in [0.15, 0.2) is 0 Å². The summed E-state index contributed by atoms with van der Waals surface area (Å²) in [5.74, 6) is 0.581. The number of carbonyl (C=O) groups excluding carboxylic acids is 1. The number of hydrogen-bond donors (Lipinski definition) is 2. The van der Waals surface area contributed by atoms with Crippen LogP contribution in [0.2, 0.25) is 10.0 Å². The van der Waals surface area contributed by atoms with Gasteiger partial charge < -0.3 is 10.6 Å². The minimum absolute atomic E-state index is 0.142. The Morgan fingerprint density at radius 2 is 1.68 bits per heavy atom. The van der Waals surface area contributed by atoms with Crippen LogP contribution in [-0.4, -0.2) is 15.6 Å². The summed E-state index contributed by atoms with van der Waals surface area (Å²) in [7, 11) is 0. The van der Waals surface area contributed by atoms with Gasteiger partial charge in [0.05, 0.1) is 27.3 Å². The Hall–Kier alpha value is -3.35. The van der Waals surface area contributed by atoms with Gasteiger partial charge in [-0.05, 0) is 67.9 Å². The van der Waals surface area contributed by atoms with Crippen LogP contribution >= 0.6 is 23.2 Å². The van der Waals surface area contributed by atoms with Crippen molar-refractivity contribution in [3.8, 4) is 5.69 Å². The normalized spacial score (nSPS) is 10.8. The molecule has 0 saturated heterocycles. The van der Waals surface area contributed by atoms with Crippen LogP contribution in [0.3, 0.4) is 0 Å². The molecule has 4 rings (SSSR count). The molecule has 0 unspecified atom stereocenters. The Morgan fingerprint density at radius 1 is 0.935 bits per heavy atom. The smallest absolute Gasteiger partial charge is 0.307 e. The number of urea groups is 1. The Labute approximate surface area is 188 Å². The maximum atomic E-state index is 13.0. The van der Waals surface area contributed by atoms with Gasteiger partial charge in [-0.3, -0.25) is 9.36 Å². The molecule has 0 radical (unpaired) electrons. The second-order valence-corrected chi connectivity index (χ2v) is 7.86. The zero-order valence-corrected chi connectivity index (χ0v) is 18.3. The van der Waals surface area contributed by atoms with Crippen molar-refractivity contribution < 1.29 is 4.79 Å². The fourth-order valence-electron chi connectivity index (χ4n) is 3.34. The molecule has 0 spiro atoms. The number of halogens is 2. The average molecular weight is 453 g/mol. The van der Waals surface area contributed by atoms with Crippen LogP contribution in [0.5, 0.6) is 0 Å². The van der Waals surface area contributed by atoms with Crippen molar-refractivity contribution in [1.82, 2.24) is 9.55 Å². The minimum Gasteiger partial charge on any atom is -0.307 e. The third-order valence-electron chi connectivity index (χ3n) is 4.84. The molecule has 0 aliphatic carbocycles. The molecule has 1 heterocycles. The monoisotopic (exact) mass is 452 g/mol. The highest BCUT2D eigenvalue weighted by molar-refractivity contribution is 6.35. The van der Waals surface area contributed by atoms with Crippen molar-refractivity contribution in [2.45, 2.75) is 13.8 Å². The van der Waals surface area contributed by atoms with E-state index in [9.17, 15) is 9.59 Å². The molecular weight excluding hydrogens is 435 g/mol. The molecule has 156 valence electrons. The predicted molar refractivity (Wildman–Crippen MR) is 126 cm³/mol. The summed E-state index contributed by atoms with van der Waals surface area (Å²) < 4.78 is 1.56. The molecule has 0 saturated carbocycles. The Balaban J connectivity index is 1.62. The summed E-state index contributed by atoms with van der Waals surface area (Å²) in [4.78, 5) is 30.0. The summed E-state index contributed by atoms with van der Waals surface area (Å²) >= 11 is 12.1. The number of para-hydroxylation sites is 1. The van der Waals surface area contributed by atoms with Crippen LogP contribution in [0.1, 0.15) is 11.4 Å². The zero-order chi connectivity index (χ0) is 22.1. The second kappa shape index (κ2) is 8.41. The maximum Gasteiger partial charge on any atom is 0.323 e. The van der Waals surface area contributed by atoms with Crippen LogP contribution in [0.4, 0.5) is 16.2 Å². The van der Waals surface area contributed by atoms with Gasteiger partial charge in [0.1, 0.15) is 5.82 Å². The first kappa shape index (κ1) is 20.9. The van der Waals surface area contributed by atoms with Crippen molar-refractivity contribution >= 4 is 51.5 Å². The van der Waals surface area contributed by atoms with Gasteiger partial charge in [-0.1, -0.05) is 35.3 Å². The van der Waals surface area contributed by atoms with Crippen molar-refractivity contribution in [2.24, 2.45) is 0 Å². The number of benzene rings is 3. The molecule has 3 aromatic carbocycles. The lowest BCUT2D eigenvalue weighted by Crippen LogP contribution is -2.23. The molecule has 4 aromatic rings. The van der Waals surface area contributed by atoms with E-state index >= 15 is 0 Å². The summed E-state index contributed by atoms with van der Waals surface area (Å²) in [5.41, 5.74) is 2.97. The molecule has 0 fully saturated rings. The number of nitrogens with zero attached hydrogens (tertiary/aromatic N) is 2. The van der Waals surface area contributed by atoms with E-state index in [2.05, 4.69) is 15.6 Å². The largest absolute Gasteiger partial charge is 0.323 e. The van der Waals surface area contributed by atoms with Crippen molar-refractivity contribution in [2.75, 3.05) is 10.6 Å². The van der Waals surface area contributed by atoms with Crippen LogP contribution in [-0.2, 0) is 0 Å². The third kappa shape index (κ3) is 4.26. The number of aryl methyl sites for hydroxylation is 2. The molecule has 2 amide bonds. The number of hydrogen-bond acceptors (Lipinski definition) is 3. The first-order valence-electron chi connectivity index (χ1n) is 9.46. The van der Waals surface area contributed by atoms with Crippen LogP contribution < -0.4 is 16.2 Å². The first-order chi connectivity index (χ1) is 14.8. The summed E-state index contributed by atoms with van der Waals surface area (Å²) in [5, 5.41) is 6.86. The molecule has 0 bridgehead atoms. The van der Waals surface area contributed by atoms with Gasteiger partial charge >= 0.3 is 6.03 Å². The highest BCUT2D eigenvalue weighted by atomic mass is 35.5. The molecular formula is C23H18Cl2N4O2. The highest BCUT2D eigenvalue weighted by Gasteiger charge is 2.12. The summed E-state index contributed by atoms with van der Waals surface area (Å²) in [6.07, 6.45) is 0. The third-order valence-corrected chi connectivity index (χ3v) is 5.40. The van der Waals surface area contributed by atoms with Crippen LogP contribution in [0.25, 0.3) is 16.6 Å². The number of aromatic nitrogens is 2. The summed E-state index contributed by atoms with van der Waals surface area (Å²) in [6.45, 7) is 3.64. The van der Waals surface area contributed by atoms with Crippen LogP contribution in [0.15, 0.2) is 65.5 Å². The number of anilines is 2. The fraction of sp³-hybridized carbons (Fsp3) is 0.0870. The van der Waals surface area contributed by atoms with E-state index in [1.54, 1.807) is 47.9 Å².